The van der Waals surface area contributed by atoms with Crippen LogP contribution in [0.1, 0.15) is 45.7 Å². The lowest BCUT2D eigenvalue weighted by molar-refractivity contribution is 0.235. The summed E-state index contributed by atoms with van der Waals surface area (Å²) >= 11 is 0. The molecule has 0 aromatic carbocycles. The van der Waals surface area contributed by atoms with Crippen LogP contribution in [0.25, 0.3) is 0 Å². The maximum absolute atomic E-state index is 5.67. The van der Waals surface area contributed by atoms with Gasteiger partial charge in [-0.2, -0.15) is 0 Å². The molecule has 0 aliphatic heterocycles. The molecule has 0 aliphatic carbocycles. The molecule has 1 aromatic heterocycles. The molecular formula is C13H23N3O. The van der Waals surface area contributed by atoms with E-state index in [1.807, 2.05) is 19.2 Å². The lowest BCUT2D eigenvalue weighted by atomic mass is 9.79. The standard InChI is InChI=1S/C13H23N3O/c1-5-13(3,4)12(16-14)10-7-11(17-6-2)9-15-8-10/h7-9,12,16H,5-6,14H2,1-4H3. The zero-order chi connectivity index (χ0) is 12.9. The predicted octanol–water partition coefficient (Wildman–Crippen LogP) is 2.42. The van der Waals surface area contributed by atoms with E-state index >= 15 is 0 Å². The smallest absolute Gasteiger partial charge is 0.137 e. The summed E-state index contributed by atoms with van der Waals surface area (Å²) in [6.07, 6.45) is 4.59. The first-order valence-corrected chi connectivity index (χ1v) is 6.09. The number of hydrogen-bond donors (Lipinski definition) is 2. The molecule has 0 aliphatic rings. The minimum Gasteiger partial charge on any atom is -0.492 e. The third-order valence-corrected chi connectivity index (χ3v) is 3.24. The molecule has 0 amide bonds. The summed E-state index contributed by atoms with van der Waals surface area (Å²) in [4.78, 5) is 4.20. The van der Waals surface area contributed by atoms with Gasteiger partial charge in [0.05, 0.1) is 18.8 Å². The van der Waals surface area contributed by atoms with Gasteiger partial charge in [0, 0.05) is 6.20 Å². The van der Waals surface area contributed by atoms with E-state index < -0.39 is 0 Å². The average molecular weight is 237 g/mol. The van der Waals surface area contributed by atoms with Crippen molar-refractivity contribution in [2.75, 3.05) is 6.61 Å². The summed E-state index contributed by atoms with van der Waals surface area (Å²) in [5.74, 6) is 6.46. The minimum atomic E-state index is 0.0698. The number of hydrazine groups is 1. The van der Waals surface area contributed by atoms with Crippen molar-refractivity contribution >= 4 is 0 Å². The van der Waals surface area contributed by atoms with Crippen LogP contribution in [0.2, 0.25) is 0 Å². The normalized spacial score (nSPS) is 13.5. The zero-order valence-electron chi connectivity index (χ0n) is 11.2. The van der Waals surface area contributed by atoms with Crippen LogP contribution in [0, 0.1) is 5.41 Å². The number of pyridine rings is 1. The van der Waals surface area contributed by atoms with Crippen LogP contribution in [0.15, 0.2) is 18.5 Å². The summed E-state index contributed by atoms with van der Waals surface area (Å²) in [5, 5.41) is 0. The monoisotopic (exact) mass is 237 g/mol. The molecule has 0 radical (unpaired) electrons. The molecule has 17 heavy (non-hydrogen) atoms. The van der Waals surface area contributed by atoms with Crippen molar-refractivity contribution in [1.29, 1.82) is 0 Å². The Bertz CT molecular complexity index is 352. The highest BCUT2D eigenvalue weighted by atomic mass is 16.5. The van der Waals surface area contributed by atoms with Crippen molar-refractivity contribution in [2.24, 2.45) is 11.3 Å². The fraction of sp³-hybridized carbons (Fsp3) is 0.615. The fourth-order valence-corrected chi connectivity index (χ4v) is 1.82. The fourth-order valence-electron chi connectivity index (χ4n) is 1.82. The van der Waals surface area contributed by atoms with E-state index in [1.54, 1.807) is 6.20 Å². The van der Waals surface area contributed by atoms with Gasteiger partial charge in [-0.05, 0) is 30.4 Å². The molecule has 1 aromatic rings. The first-order valence-electron chi connectivity index (χ1n) is 6.09. The zero-order valence-corrected chi connectivity index (χ0v) is 11.2. The molecule has 1 rings (SSSR count). The Labute approximate surface area is 104 Å². The third kappa shape index (κ3) is 3.41. The number of nitrogens with zero attached hydrogens (tertiary/aromatic N) is 1. The second-order valence-corrected chi connectivity index (χ2v) is 4.83. The van der Waals surface area contributed by atoms with Gasteiger partial charge in [-0.3, -0.25) is 16.3 Å². The van der Waals surface area contributed by atoms with Crippen LogP contribution in [-0.4, -0.2) is 11.6 Å². The SMILES string of the molecule is CCOc1cncc(C(NN)C(C)(C)CC)c1. The second-order valence-electron chi connectivity index (χ2n) is 4.83. The minimum absolute atomic E-state index is 0.0698. The van der Waals surface area contributed by atoms with Crippen molar-refractivity contribution in [3.8, 4) is 5.75 Å². The first-order chi connectivity index (χ1) is 8.05. The maximum Gasteiger partial charge on any atom is 0.137 e. The Hall–Kier alpha value is -1.13. The van der Waals surface area contributed by atoms with Crippen molar-refractivity contribution in [2.45, 2.75) is 40.2 Å². The van der Waals surface area contributed by atoms with E-state index in [2.05, 4.69) is 31.2 Å². The quantitative estimate of drug-likeness (QED) is 0.589. The Morgan fingerprint density at radius 2 is 2.12 bits per heavy atom. The highest BCUT2D eigenvalue weighted by molar-refractivity contribution is 5.27. The maximum atomic E-state index is 5.67. The molecule has 1 heterocycles. The molecule has 0 saturated heterocycles. The van der Waals surface area contributed by atoms with E-state index in [1.165, 1.54) is 0 Å². The largest absolute Gasteiger partial charge is 0.492 e. The van der Waals surface area contributed by atoms with Crippen molar-refractivity contribution in [3.05, 3.63) is 24.0 Å². The van der Waals surface area contributed by atoms with Crippen molar-refractivity contribution in [3.63, 3.8) is 0 Å². The van der Waals surface area contributed by atoms with Gasteiger partial charge >= 0.3 is 0 Å². The van der Waals surface area contributed by atoms with Crippen molar-refractivity contribution < 1.29 is 4.74 Å². The number of nitrogens with one attached hydrogen (secondary N) is 1. The molecule has 1 atom stereocenters. The van der Waals surface area contributed by atoms with Gasteiger partial charge in [0.1, 0.15) is 5.75 Å². The van der Waals surface area contributed by atoms with Crippen LogP contribution in [-0.2, 0) is 0 Å². The van der Waals surface area contributed by atoms with Gasteiger partial charge in [0.25, 0.3) is 0 Å². The second kappa shape index (κ2) is 5.98. The van der Waals surface area contributed by atoms with E-state index in [0.717, 1.165) is 17.7 Å². The molecule has 3 N–H and O–H groups in total. The van der Waals surface area contributed by atoms with E-state index in [-0.39, 0.29) is 11.5 Å². The van der Waals surface area contributed by atoms with Gasteiger partial charge in [-0.15, -0.1) is 0 Å². The summed E-state index contributed by atoms with van der Waals surface area (Å²) in [7, 11) is 0. The van der Waals surface area contributed by atoms with Gasteiger partial charge in [0.15, 0.2) is 0 Å². The molecule has 0 spiro atoms. The lowest BCUT2D eigenvalue weighted by Gasteiger charge is -2.33. The van der Waals surface area contributed by atoms with Crippen LogP contribution in [0.3, 0.4) is 0 Å². The van der Waals surface area contributed by atoms with Crippen LogP contribution >= 0.6 is 0 Å². The topological polar surface area (TPSA) is 60.2 Å². The lowest BCUT2D eigenvalue weighted by Crippen LogP contribution is -2.38. The summed E-state index contributed by atoms with van der Waals surface area (Å²) in [5.41, 5.74) is 4.01. The van der Waals surface area contributed by atoms with Crippen LogP contribution in [0.5, 0.6) is 5.75 Å². The predicted molar refractivity (Wildman–Crippen MR) is 69.5 cm³/mol. The molecule has 4 nitrogen and oxygen atoms in total. The number of rotatable bonds is 6. The summed E-state index contributed by atoms with van der Waals surface area (Å²) in [6, 6.07) is 2.07. The van der Waals surface area contributed by atoms with Crippen LogP contribution < -0.4 is 16.0 Å². The van der Waals surface area contributed by atoms with Crippen molar-refractivity contribution in [1.82, 2.24) is 10.4 Å². The van der Waals surface area contributed by atoms with E-state index in [4.69, 9.17) is 10.6 Å². The first kappa shape index (κ1) is 13.9. The van der Waals surface area contributed by atoms with Gasteiger partial charge in [0.2, 0.25) is 0 Å². The number of hydrogen-bond acceptors (Lipinski definition) is 4. The molecule has 1 unspecified atom stereocenters. The summed E-state index contributed by atoms with van der Waals surface area (Å²) < 4.78 is 5.46. The van der Waals surface area contributed by atoms with E-state index in [9.17, 15) is 0 Å². The highest BCUT2D eigenvalue weighted by Crippen LogP contribution is 2.36. The molecule has 0 saturated carbocycles. The summed E-state index contributed by atoms with van der Waals surface area (Å²) in [6.45, 7) is 9.13. The molecule has 4 heteroatoms. The van der Waals surface area contributed by atoms with Gasteiger partial charge in [-0.1, -0.05) is 20.8 Å². The average Bonchev–Trinajstić information content (AvgIpc) is 2.30. The highest BCUT2D eigenvalue weighted by Gasteiger charge is 2.28. The number of aromatic nitrogens is 1. The number of nitrogens with two attached hydrogens (primary N) is 1. The molecular weight excluding hydrogens is 214 g/mol. The Balaban J connectivity index is 2.99. The van der Waals surface area contributed by atoms with Gasteiger partial charge in [-0.25, -0.2) is 0 Å². The Kier molecular flexibility index (Phi) is 4.90. The molecule has 0 fully saturated rings. The molecule has 0 bridgehead atoms. The number of ether oxygens (including phenoxy) is 1. The third-order valence-electron chi connectivity index (χ3n) is 3.24. The van der Waals surface area contributed by atoms with Gasteiger partial charge < -0.3 is 4.74 Å². The van der Waals surface area contributed by atoms with Crippen LogP contribution in [0.4, 0.5) is 0 Å². The molecule has 96 valence electrons. The Morgan fingerprint density at radius 3 is 2.65 bits per heavy atom. The van der Waals surface area contributed by atoms with E-state index in [0.29, 0.717) is 6.61 Å². The Morgan fingerprint density at radius 1 is 1.41 bits per heavy atom.